The van der Waals surface area contributed by atoms with Gasteiger partial charge in [-0.05, 0) is 50.1 Å². The molecule has 0 radical (unpaired) electrons. The summed E-state index contributed by atoms with van der Waals surface area (Å²) in [6, 6.07) is 6.19. The monoisotopic (exact) mass is 471 g/mol. The minimum atomic E-state index is -4.57. The summed E-state index contributed by atoms with van der Waals surface area (Å²) in [4.78, 5) is 12.5. The molecule has 0 amide bonds. The number of halogens is 3. The highest BCUT2D eigenvalue weighted by Crippen LogP contribution is 2.34. The van der Waals surface area contributed by atoms with E-state index in [1.54, 1.807) is 32.2 Å². The molecule has 0 fully saturated rings. The van der Waals surface area contributed by atoms with Crippen molar-refractivity contribution in [2.24, 2.45) is 0 Å². The molecule has 166 valence electrons. The first-order chi connectivity index (χ1) is 14.2. The summed E-state index contributed by atoms with van der Waals surface area (Å²) in [7, 11) is -3.43. The SMILES string of the molecule is Cc1cc(Nc2nccc(C(F)(F)F)n2)cc(-c2cnc(C(C)(C)NS(C)(=O)=O)s2)c1. The summed E-state index contributed by atoms with van der Waals surface area (Å²) in [5, 5.41) is 3.38. The number of nitrogens with one attached hydrogen (secondary N) is 2. The third kappa shape index (κ3) is 5.99. The van der Waals surface area contributed by atoms with Crippen LogP contribution in [0.15, 0.2) is 36.7 Å². The molecule has 0 spiro atoms. The van der Waals surface area contributed by atoms with Crippen LogP contribution in [0.1, 0.15) is 30.1 Å². The van der Waals surface area contributed by atoms with Gasteiger partial charge in [-0.15, -0.1) is 11.3 Å². The minimum Gasteiger partial charge on any atom is -0.324 e. The number of sulfonamides is 1. The van der Waals surface area contributed by atoms with Crippen LogP contribution in [0.25, 0.3) is 10.4 Å². The van der Waals surface area contributed by atoms with Crippen LogP contribution in [0, 0.1) is 6.92 Å². The van der Waals surface area contributed by atoms with Crippen molar-refractivity contribution in [3.05, 3.63) is 52.9 Å². The van der Waals surface area contributed by atoms with Gasteiger partial charge in [0.05, 0.1) is 16.7 Å². The van der Waals surface area contributed by atoms with Gasteiger partial charge < -0.3 is 5.32 Å². The van der Waals surface area contributed by atoms with Crippen molar-refractivity contribution >= 4 is 33.0 Å². The van der Waals surface area contributed by atoms with E-state index >= 15 is 0 Å². The first-order valence-electron chi connectivity index (χ1n) is 8.97. The number of hydrogen-bond acceptors (Lipinski definition) is 7. The molecule has 0 aliphatic rings. The van der Waals surface area contributed by atoms with Crippen LogP contribution in [0.3, 0.4) is 0 Å². The van der Waals surface area contributed by atoms with Crippen molar-refractivity contribution in [2.45, 2.75) is 32.5 Å². The van der Waals surface area contributed by atoms with E-state index in [-0.39, 0.29) is 5.95 Å². The topological polar surface area (TPSA) is 96.9 Å². The van der Waals surface area contributed by atoms with Crippen molar-refractivity contribution in [1.29, 1.82) is 0 Å². The van der Waals surface area contributed by atoms with E-state index in [1.165, 1.54) is 11.3 Å². The molecule has 0 atom stereocenters. The van der Waals surface area contributed by atoms with Gasteiger partial charge in [0.15, 0.2) is 0 Å². The molecule has 0 bridgehead atoms. The molecule has 7 nitrogen and oxygen atoms in total. The van der Waals surface area contributed by atoms with Gasteiger partial charge in [-0.2, -0.15) is 13.2 Å². The zero-order valence-electron chi connectivity index (χ0n) is 17.1. The van der Waals surface area contributed by atoms with Gasteiger partial charge in [0.1, 0.15) is 10.7 Å². The lowest BCUT2D eigenvalue weighted by molar-refractivity contribution is -0.141. The second kappa shape index (κ2) is 8.17. The summed E-state index contributed by atoms with van der Waals surface area (Å²) in [6.45, 7) is 5.27. The van der Waals surface area contributed by atoms with E-state index in [0.717, 1.165) is 34.5 Å². The number of benzene rings is 1. The third-order valence-corrected chi connectivity index (χ3v) is 6.30. The number of rotatable bonds is 6. The van der Waals surface area contributed by atoms with Gasteiger partial charge in [0, 0.05) is 18.1 Å². The number of anilines is 2. The van der Waals surface area contributed by atoms with E-state index in [4.69, 9.17) is 0 Å². The van der Waals surface area contributed by atoms with Gasteiger partial charge in [0.2, 0.25) is 16.0 Å². The molecule has 0 aliphatic carbocycles. The maximum atomic E-state index is 12.9. The number of hydrogen-bond donors (Lipinski definition) is 2. The number of nitrogens with zero attached hydrogens (tertiary/aromatic N) is 3. The van der Waals surface area contributed by atoms with Gasteiger partial charge >= 0.3 is 6.18 Å². The van der Waals surface area contributed by atoms with Crippen LogP contribution < -0.4 is 10.0 Å². The molecule has 31 heavy (non-hydrogen) atoms. The Bertz CT molecular complexity index is 1210. The van der Waals surface area contributed by atoms with Crippen molar-refractivity contribution in [1.82, 2.24) is 19.7 Å². The van der Waals surface area contributed by atoms with E-state index in [0.29, 0.717) is 10.7 Å². The van der Waals surface area contributed by atoms with E-state index in [2.05, 4.69) is 25.0 Å². The molecule has 0 aliphatic heterocycles. The van der Waals surface area contributed by atoms with Crippen molar-refractivity contribution in [2.75, 3.05) is 11.6 Å². The second-order valence-corrected chi connectivity index (χ2v) is 10.3. The Kier molecular flexibility index (Phi) is 6.09. The normalized spacial score (nSPS) is 12.7. The largest absolute Gasteiger partial charge is 0.433 e. The molecular formula is C19H20F3N5O2S2. The zero-order chi connectivity index (χ0) is 23.0. The molecule has 2 aromatic heterocycles. The quantitative estimate of drug-likeness (QED) is 0.551. The van der Waals surface area contributed by atoms with E-state index < -0.39 is 27.4 Å². The Morgan fingerprint density at radius 3 is 2.45 bits per heavy atom. The summed E-state index contributed by atoms with van der Waals surface area (Å²) in [5.74, 6) is -0.171. The van der Waals surface area contributed by atoms with Crippen molar-refractivity contribution in [3.8, 4) is 10.4 Å². The number of aryl methyl sites for hydroxylation is 1. The van der Waals surface area contributed by atoms with Crippen LogP contribution in [0.2, 0.25) is 0 Å². The minimum absolute atomic E-state index is 0.171. The predicted molar refractivity (Wildman–Crippen MR) is 114 cm³/mol. The van der Waals surface area contributed by atoms with E-state index in [9.17, 15) is 21.6 Å². The fourth-order valence-electron chi connectivity index (χ4n) is 2.91. The molecule has 1 aromatic carbocycles. The predicted octanol–water partition coefficient (Wildman–Crippen LogP) is 4.46. The van der Waals surface area contributed by atoms with Gasteiger partial charge in [-0.25, -0.2) is 28.1 Å². The first-order valence-corrected chi connectivity index (χ1v) is 11.7. The first kappa shape index (κ1) is 23.1. The van der Waals surface area contributed by atoms with Gasteiger partial charge in [-0.3, -0.25) is 0 Å². The third-order valence-electron chi connectivity index (χ3n) is 4.04. The Labute approximate surface area is 181 Å². The van der Waals surface area contributed by atoms with Crippen LogP contribution in [-0.2, 0) is 21.7 Å². The summed E-state index contributed by atoms with van der Waals surface area (Å²) in [6.07, 6.45) is -0.813. The maximum absolute atomic E-state index is 12.9. The standard InChI is InChI=1S/C19H20F3N5O2S2/c1-11-7-12(14-10-24-16(30-14)18(2,3)27-31(4,28)29)9-13(8-11)25-17-23-6-5-15(26-17)19(20,21)22/h5-10,27H,1-4H3,(H,23,25,26). The van der Waals surface area contributed by atoms with Gasteiger partial charge in [-0.1, -0.05) is 6.07 Å². The fourth-order valence-corrected chi connectivity index (χ4v) is 4.96. The Balaban J connectivity index is 1.90. The Hall–Kier alpha value is -2.57. The molecule has 0 saturated heterocycles. The summed E-state index contributed by atoms with van der Waals surface area (Å²) < 4.78 is 64.5. The van der Waals surface area contributed by atoms with Crippen LogP contribution in [0.4, 0.5) is 24.8 Å². The van der Waals surface area contributed by atoms with Crippen molar-refractivity contribution in [3.63, 3.8) is 0 Å². The second-order valence-electron chi connectivity index (χ2n) is 7.50. The molecular weight excluding hydrogens is 451 g/mol. The van der Waals surface area contributed by atoms with Crippen LogP contribution >= 0.6 is 11.3 Å². The number of alkyl halides is 3. The van der Waals surface area contributed by atoms with E-state index in [1.807, 2.05) is 13.0 Å². The molecule has 0 unspecified atom stereocenters. The molecule has 3 rings (SSSR count). The smallest absolute Gasteiger partial charge is 0.324 e. The van der Waals surface area contributed by atoms with Crippen LogP contribution in [0.5, 0.6) is 0 Å². The van der Waals surface area contributed by atoms with Gasteiger partial charge in [0.25, 0.3) is 0 Å². The highest BCUT2D eigenvalue weighted by Gasteiger charge is 2.33. The average Bonchev–Trinajstić information content (AvgIpc) is 3.10. The molecule has 2 N–H and O–H groups in total. The molecule has 0 saturated carbocycles. The zero-order valence-corrected chi connectivity index (χ0v) is 18.7. The average molecular weight is 472 g/mol. The lowest BCUT2D eigenvalue weighted by Gasteiger charge is -2.22. The molecule has 12 heteroatoms. The summed E-state index contributed by atoms with van der Waals surface area (Å²) in [5.41, 5.74) is 0.208. The Morgan fingerprint density at radius 1 is 1.10 bits per heavy atom. The fraction of sp³-hybridized carbons (Fsp3) is 0.316. The Morgan fingerprint density at radius 2 is 1.81 bits per heavy atom. The highest BCUT2D eigenvalue weighted by molar-refractivity contribution is 7.88. The number of aromatic nitrogens is 3. The lowest BCUT2D eigenvalue weighted by Crippen LogP contribution is -2.40. The molecule has 3 aromatic rings. The lowest BCUT2D eigenvalue weighted by atomic mass is 10.1. The number of thiazole rings is 1. The highest BCUT2D eigenvalue weighted by atomic mass is 32.2. The van der Waals surface area contributed by atoms with Crippen LogP contribution in [-0.4, -0.2) is 29.6 Å². The maximum Gasteiger partial charge on any atom is 0.433 e. The summed E-state index contributed by atoms with van der Waals surface area (Å²) >= 11 is 1.32. The molecule has 2 heterocycles. The van der Waals surface area contributed by atoms with Crippen molar-refractivity contribution < 1.29 is 21.6 Å².